The number of hydrogen-bond donors (Lipinski definition) is 0. The van der Waals surface area contributed by atoms with Gasteiger partial charge in [-0.05, 0) is 54.8 Å². The van der Waals surface area contributed by atoms with Crippen LogP contribution in [0.3, 0.4) is 0 Å². The molecule has 3 aromatic rings. The first-order valence-electron chi connectivity index (χ1n) is 8.44. The molecular formula is C22H26N+. The summed E-state index contributed by atoms with van der Waals surface area (Å²) < 4.78 is 2.24. The number of aromatic nitrogens is 1. The van der Waals surface area contributed by atoms with Crippen LogP contribution in [0.25, 0.3) is 22.0 Å². The van der Waals surface area contributed by atoms with Crippen molar-refractivity contribution in [2.24, 2.45) is 13.0 Å². The van der Waals surface area contributed by atoms with Gasteiger partial charge < -0.3 is 0 Å². The fraction of sp³-hybridized carbons (Fsp3) is 0.318. The largest absolute Gasteiger partial charge is 0.220 e. The zero-order chi connectivity index (χ0) is 16.6. The first-order valence-corrected chi connectivity index (χ1v) is 8.44. The average Bonchev–Trinajstić information content (AvgIpc) is 2.49. The van der Waals surface area contributed by atoms with Crippen molar-refractivity contribution in [1.29, 1.82) is 0 Å². The minimum absolute atomic E-state index is 0.686. The van der Waals surface area contributed by atoms with Crippen molar-refractivity contribution in [3.8, 4) is 11.3 Å². The Labute approximate surface area is 139 Å². The lowest BCUT2D eigenvalue weighted by Gasteiger charge is -2.11. The number of nitrogens with zero attached hydrogens (tertiary/aromatic N) is 1. The molecule has 0 amide bonds. The second-order valence-electron chi connectivity index (χ2n) is 7.11. The van der Waals surface area contributed by atoms with E-state index in [0.717, 1.165) is 6.42 Å². The third-order valence-electron chi connectivity index (χ3n) is 4.49. The molecule has 1 heterocycles. The number of aryl methyl sites for hydroxylation is 3. The summed E-state index contributed by atoms with van der Waals surface area (Å²) in [6.07, 6.45) is 3.31. The van der Waals surface area contributed by atoms with Gasteiger partial charge in [-0.3, -0.25) is 0 Å². The summed E-state index contributed by atoms with van der Waals surface area (Å²) in [5.41, 5.74) is 6.69. The van der Waals surface area contributed by atoms with Crippen LogP contribution < -0.4 is 4.57 Å². The molecule has 0 aliphatic carbocycles. The molecule has 0 aliphatic rings. The Balaban J connectivity index is 2.24. The van der Waals surface area contributed by atoms with Gasteiger partial charge in [-0.15, -0.1) is 0 Å². The molecule has 0 atom stereocenters. The fourth-order valence-electron chi connectivity index (χ4n) is 3.35. The van der Waals surface area contributed by atoms with Crippen molar-refractivity contribution in [3.63, 3.8) is 0 Å². The molecule has 0 fully saturated rings. The normalized spacial score (nSPS) is 11.4. The van der Waals surface area contributed by atoms with E-state index in [1.165, 1.54) is 38.7 Å². The summed E-state index contributed by atoms with van der Waals surface area (Å²) in [6.45, 7) is 8.91. The van der Waals surface area contributed by atoms with Crippen molar-refractivity contribution in [3.05, 3.63) is 65.4 Å². The lowest BCUT2D eigenvalue weighted by atomic mass is 9.95. The highest BCUT2D eigenvalue weighted by Crippen LogP contribution is 2.29. The van der Waals surface area contributed by atoms with Crippen LogP contribution in [-0.2, 0) is 13.5 Å². The Hall–Kier alpha value is -2.15. The van der Waals surface area contributed by atoms with E-state index in [0.29, 0.717) is 5.92 Å². The van der Waals surface area contributed by atoms with Gasteiger partial charge in [0.15, 0.2) is 6.20 Å². The fourth-order valence-corrected chi connectivity index (χ4v) is 3.35. The van der Waals surface area contributed by atoms with Crippen LogP contribution >= 0.6 is 0 Å². The minimum Gasteiger partial charge on any atom is -0.200 e. The van der Waals surface area contributed by atoms with Crippen LogP contribution in [0.2, 0.25) is 0 Å². The standard InChI is InChI=1S/C22H26N/c1-15(2)12-18-8-9-20-19(14-18)10-11-23(5)22(20)21-13-16(3)6-7-17(21)4/h6-11,13-15H,12H2,1-5H3/q+1. The van der Waals surface area contributed by atoms with Crippen LogP contribution in [0.15, 0.2) is 48.7 Å². The van der Waals surface area contributed by atoms with E-state index in [4.69, 9.17) is 0 Å². The molecule has 3 rings (SSSR count). The molecular weight excluding hydrogens is 278 g/mol. The van der Waals surface area contributed by atoms with Crippen molar-refractivity contribution >= 4 is 10.8 Å². The van der Waals surface area contributed by atoms with Gasteiger partial charge in [0.2, 0.25) is 5.69 Å². The summed E-state index contributed by atoms with van der Waals surface area (Å²) in [5, 5.41) is 2.66. The van der Waals surface area contributed by atoms with E-state index >= 15 is 0 Å². The summed E-state index contributed by atoms with van der Waals surface area (Å²) in [6, 6.07) is 15.9. The molecule has 1 aromatic heterocycles. The van der Waals surface area contributed by atoms with Gasteiger partial charge in [-0.25, -0.2) is 4.57 Å². The average molecular weight is 304 g/mol. The smallest absolute Gasteiger partial charge is 0.200 e. The number of rotatable bonds is 3. The van der Waals surface area contributed by atoms with Crippen LogP contribution in [0.5, 0.6) is 0 Å². The topological polar surface area (TPSA) is 3.88 Å². The Kier molecular flexibility index (Phi) is 4.21. The highest BCUT2D eigenvalue weighted by atomic mass is 14.9. The first-order chi connectivity index (χ1) is 11.0. The molecule has 118 valence electrons. The van der Waals surface area contributed by atoms with Gasteiger partial charge in [-0.1, -0.05) is 43.7 Å². The highest BCUT2D eigenvalue weighted by Gasteiger charge is 2.17. The Morgan fingerprint density at radius 2 is 1.74 bits per heavy atom. The Morgan fingerprint density at radius 1 is 0.957 bits per heavy atom. The van der Waals surface area contributed by atoms with Crippen LogP contribution in [-0.4, -0.2) is 0 Å². The molecule has 0 spiro atoms. The van der Waals surface area contributed by atoms with Gasteiger partial charge >= 0.3 is 0 Å². The zero-order valence-corrected chi connectivity index (χ0v) is 14.9. The molecule has 1 nitrogen and oxygen atoms in total. The first kappa shape index (κ1) is 15.7. The van der Waals surface area contributed by atoms with E-state index in [-0.39, 0.29) is 0 Å². The number of hydrogen-bond acceptors (Lipinski definition) is 0. The van der Waals surface area contributed by atoms with Crippen LogP contribution in [0.1, 0.15) is 30.5 Å². The van der Waals surface area contributed by atoms with Gasteiger partial charge in [0.1, 0.15) is 7.05 Å². The summed E-state index contributed by atoms with van der Waals surface area (Å²) in [5.74, 6) is 0.686. The van der Waals surface area contributed by atoms with Gasteiger partial charge in [0.05, 0.1) is 5.39 Å². The van der Waals surface area contributed by atoms with Crippen molar-refractivity contribution in [1.82, 2.24) is 0 Å². The maximum Gasteiger partial charge on any atom is 0.220 e. The summed E-state index contributed by atoms with van der Waals surface area (Å²) >= 11 is 0. The predicted molar refractivity (Wildman–Crippen MR) is 98.6 cm³/mol. The molecule has 0 radical (unpaired) electrons. The molecule has 23 heavy (non-hydrogen) atoms. The van der Waals surface area contributed by atoms with E-state index < -0.39 is 0 Å². The van der Waals surface area contributed by atoms with E-state index in [9.17, 15) is 0 Å². The molecule has 0 saturated carbocycles. The van der Waals surface area contributed by atoms with Crippen molar-refractivity contribution < 1.29 is 4.57 Å². The molecule has 0 bridgehead atoms. The summed E-state index contributed by atoms with van der Waals surface area (Å²) in [4.78, 5) is 0. The summed E-state index contributed by atoms with van der Waals surface area (Å²) in [7, 11) is 2.14. The van der Waals surface area contributed by atoms with Gasteiger partial charge in [0.25, 0.3) is 0 Å². The maximum absolute atomic E-state index is 2.35. The highest BCUT2D eigenvalue weighted by molar-refractivity contribution is 5.94. The molecule has 2 aromatic carbocycles. The zero-order valence-electron chi connectivity index (χ0n) is 14.9. The Morgan fingerprint density at radius 3 is 2.48 bits per heavy atom. The van der Waals surface area contributed by atoms with E-state index in [1.54, 1.807) is 0 Å². The minimum atomic E-state index is 0.686. The monoisotopic (exact) mass is 304 g/mol. The molecule has 0 unspecified atom stereocenters. The van der Waals surface area contributed by atoms with Gasteiger partial charge in [0, 0.05) is 11.6 Å². The third-order valence-corrected chi connectivity index (χ3v) is 4.49. The number of benzene rings is 2. The second-order valence-corrected chi connectivity index (χ2v) is 7.11. The lowest BCUT2D eigenvalue weighted by molar-refractivity contribution is -0.659. The molecule has 0 saturated heterocycles. The van der Waals surface area contributed by atoms with Crippen molar-refractivity contribution in [2.45, 2.75) is 34.1 Å². The second kappa shape index (κ2) is 6.16. The number of pyridine rings is 1. The predicted octanol–water partition coefficient (Wildman–Crippen LogP) is 5.15. The SMILES string of the molecule is Cc1ccc(C)c(-c2c3ccc(CC(C)C)cc3cc[n+]2C)c1. The quantitative estimate of drug-likeness (QED) is 0.589. The number of fused-ring (bicyclic) bond motifs is 1. The van der Waals surface area contributed by atoms with Crippen LogP contribution in [0, 0.1) is 19.8 Å². The van der Waals surface area contributed by atoms with Crippen molar-refractivity contribution in [2.75, 3.05) is 0 Å². The molecule has 0 aliphatic heterocycles. The third kappa shape index (κ3) is 3.14. The Bertz CT molecular complexity index is 859. The molecule has 1 heteroatoms. The van der Waals surface area contributed by atoms with Gasteiger partial charge in [-0.2, -0.15) is 0 Å². The van der Waals surface area contributed by atoms with E-state index in [2.05, 4.69) is 88.0 Å². The van der Waals surface area contributed by atoms with Crippen LogP contribution in [0.4, 0.5) is 0 Å². The molecule has 0 N–H and O–H groups in total. The maximum atomic E-state index is 2.35. The lowest BCUT2D eigenvalue weighted by Crippen LogP contribution is -2.30. The van der Waals surface area contributed by atoms with E-state index in [1.807, 2.05) is 0 Å².